The molecule has 2 aromatic carbocycles. The molecule has 0 spiro atoms. The normalized spacial score (nSPS) is 15.5. The van der Waals surface area contributed by atoms with Gasteiger partial charge in [-0.1, -0.05) is 12.1 Å². The van der Waals surface area contributed by atoms with Crippen molar-refractivity contribution >= 4 is 34.9 Å². The number of rotatable bonds is 5. The molecule has 8 heteroatoms. The highest BCUT2D eigenvalue weighted by Crippen LogP contribution is 2.23. The van der Waals surface area contributed by atoms with Gasteiger partial charge in [0.1, 0.15) is 11.8 Å². The van der Waals surface area contributed by atoms with Crippen LogP contribution in [0.25, 0.3) is 0 Å². The Morgan fingerprint density at radius 1 is 0.966 bits per heavy atom. The molecule has 1 fully saturated rings. The van der Waals surface area contributed by atoms with Crippen molar-refractivity contribution in [1.82, 2.24) is 4.90 Å². The smallest absolute Gasteiger partial charge is 0.322 e. The number of benzene rings is 2. The summed E-state index contributed by atoms with van der Waals surface area (Å²) in [5, 5.41) is 8.33. The van der Waals surface area contributed by atoms with E-state index in [1.807, 2.05) is 0 Å². The van der Waals surface area contributed by atoms with Gasteiger partial charge in [0.05, 0.1) is 7.11 Å². The lowest BCUT2D eigenvalue weighted by atomic mass is 10.2. The SMILES string of the molecule is COc1cccc(NC(=O)N2CCC[C@H]2C(=O)Nc2cccc(NC(C)=O)c2)c1. The van der Waals surface area contributed by atoms with Gasteiger partial charge in [0.25, 0.3) is 0 Å². The molecule has 1 saturated heterocycles. The number of anilines is 3. The van der Waals surface area contributed by atoms with Crippen LogP contribution in [0.4, 0.5) is 21.9 Å². The molecule has 0 aliphatic carbocycles. The van der Waals surface area contributed by atoms with Gasteiger partial charge >= 0.3 is 6.03 Å². The summed E-state index contributed by atoms with van der Waals surface area (Å²) in [6.45, 7) is 1.92. The van der Waals surface area contributed by atoms with E-state index in [9.17, 15) is 14.4 Å². The maximum absolute atomic E-state index is 12.8. The molecule has 0 radical (unpaired) electrons. The Morgan fingerprint density at radius 2 is 1.62 bits per heavy atom. The molecule has 3 rings (SSSR count). The van der Waals surface area contributed by atoms with Gasteiger partial charge < -0.3 is 25.6 Å². The van der Waals surface area contributed by atoms with Gasteiger partial charge in [-0.3, -0.25) is 9.59 Å². The number of hydrogen-bond donors (Lipinski definition) is 3. The van der Waals surface area contributed by atoms with Gasteiger partial charge in [-0.25, -0.2) is 4.79 Å². The van der Waals surface area contributed by atoms with Crippen molar-refractivity contribution in [2.24, 2.45) is 0 Å². The molecule has 1 atom stereocenters. The summed E-state index contributed by atoms with van der Waals surface area (Å²) in [5.74, 6) is 0.186. The van der Waals surface area contributed by atoms with Crippen LogP contribution in [0.2, 0.25) is 0 Å². The van der Waals surface area contributed by atoms with E-state index in [1.165, 1.54) is 11.8 Å². The number of hydrogen-bond acceptors (Lipinski definition) is 4. The molecular weight excluding hydrogens is 372 g/mol. The minimum Gasteiger partial charge on any atom is -0.497 e. The van der Waals surface area contributed by atoms with Crippen molar-refractivity contribution in [2.75, 3.05) is 29.6 Å². The van der Waals surface area contributed by atoms with E-state index in [-0.39, 0.29) is 17.8 Å². The maximum Gasteiger partial charge on any atom is 0.322 e. The average Bonchev–Trinajstić information content (AvgIpc) is 3.18. The Labute approximate surface area is 169 Å². The first-order valence-electron chi connectivity index (χ1n) is 9.36. The van der Waals surface area contributed by atoms with Crippen LogP contribution >= 0.6 is 0 Å². The topological polar surface area (TPSA) is 99.8 Å². The summed E-state index contributed by atoms with van der Waals surface area (Å²) in [5.41, 5.74) is 1.75. The van der Waals surface area contributed by atoms with Crippen molar-refractivity contribution in [1.29, 1.82) is 0 Å². The Morgan fingerprint density at radius 3 is 2.31 bits per heavy atom. The van der Waals surface area contributed by atoms with Gasteiger partial charge in [0.2, 0.25) is 11.8 Å². The Hall–Kier alpha value is -3.55. The largest absolute Gasteiger partial charge is 0.497 e. The van der Waals surface area contributed by atoms with Crippen molar-refractivity contribution in [2.45, 2.75) is 25.8 Å². The third-order valence-corrected chi connectivity index (χ3v) is 4.59. The van der Waals surface area contributed by atoms with E-state index in [4.69, 9.17) is 4.74 Å². The zero-order valence-corrected chi connectivity index (χ0v) is 16.4. The van der Waals surface area contributed by atoms with E-state index in [1.54, 1.807) is 55.6 Å². The molecule has 0 aromatic heterocycles. The minimum atomic E-state index is -0.565. The first-order valence-corrected chi connectivity index (χ1v) is 9.36. The highest BCUT2D eigenvalue weighted by Gasteiger charge is 2.34. The fourth-order valence-electron chi connectivity index (χ4n) is 3.28. The van der Waals surface area contributed by atoms with Gasteiger partial charge in [-0.2, -0.15) is 0 Å². The quantitative estimate of drug-likeness (QED) is 0.722. The number of likely N-dealkylation sites (tertiary alicyclic amines) is 1. The van der Waals surface area contributed by atoms with Gasteiger partial charge in [-0.05, 0) is 43.2 Å². The Bertz CT molecular complexity index is 915. The van der Waals surface area contributed by atoms with Crippen LogP contribution in [0.3, 0.4) is 0 Å². The Kier molecular flexibility index (Phi) is 6.33. The lowest BCUT2D eigenvalue weighted by Gasteiger charge is -2.24. The first kappa shape index (κ1) is 20.2. The number of nitrogens with one attached hydrogen (secondary N) is 3. The van der Waals surface area contributed by atoms with Gasteiger partial charge in [0, 0.05) is 36.6 Å². The molecule has 3 N–H and O–H groups in total. The molecule has 0 bridgehead atoms. The van der Waals surface area contributed by atoms with Crippen LogP contribution < -0.4 is 20.7 Å². The molecule has 0 saturated carbocycles. The standard InChI is InChI=1S/C21H24N4O4/c1-14(26)22-15-6-3-7-16(12-15)23-20(27)19-10-5-11-25(19)21(28)24-17-8-4-9-18(13-17)29-2/h3-4,6-9,12-13,19H,5,10-11H2,1-2H3,(H,22,26)(H,23,27)(H,24,28)/t19-/m0/s1. The molecule has 152 valence electrons. The summed E-state index contributed by atoms with van der Waals surface area (Å²) >= 11 is 0. The van der Waals surface area contributed by atoms with E-state index >= 15 is 0 Å². The molecular formula is C21H24N4O4. The van der Waals surface area contributed by atoms with Crippen LogP contribution in [0, 0.1) is 0 Å². The van der Waals surface area contributed by atoms with Crippen LogP contribution in [-0.4, -0.2) is 42.4 Å². The number of carbonyl (C=O) groups is 3. The van der Waals surface area contributed by atoms with Crippen LogP contribution in [0.5, 0.6) is 5.75 Å². The van der Waals surface area contributed by atoms with E-state index in [2.05, 4.69) is 16.0 Å². The second-order valence-electron chi connectivity index (χ2n) is 6.76. The predicted molar refractivity (Wildman–Crippen MR) is 111 cm³/mol. The van der Waals surface area contributed by atoms with E-state index in [0.29, 0.717) is 35.8 Å². The zero-order valence-electron chi connectivity index (χ0n) is 16.4. The van der Waals surface area contributed by atoms with E-state index < -0.39 is 6.04 Å². The number of methoxy groups -OCH3 is 1. The molecule has 2 aromatic rings. The lowest BCUT2D eigenvalue weighted by molar-refractivity contribution is -0.119. The summed E-state index contributed by atoms with van der Waals surface area (Å²) in [7, 11) is 1.56. The summed E-state index contributed by atoms with van der Waals surface area (Å²) in [6, 6.07) is 13.0. The third kappa shape index (κ3) is 5.25. The maximum atomic E-state index is 12.8. The molecule has 1 aliphatic rings. The van der Waals surface area contributed by atoms with Crippen LogP contribution in [0.1, 0.15) is 19.8 Å². The number of carbonyl (C=O) groups excluding carboxylic acids is 3. The van der Waals surface area contributed by atoms with Crippen molar-refractivity contribution < 1.29 is 19.1 Å². The second-order valence-corrected chi connectivity index (χ2v) is 6.76. The fourth-order valence-corrected chi connectivity index (χ4v) is 3.28. The number of nitrogens with zero attached hydrogens (tertiary/aromatic N) is 1. The number of urea groups is 1. The van der Waals surface area contributed by atoms with E-state index in [0.717, 1.165) is 6.42 Å². The van der Waals surface area contributed by atoms with Crippen LogP contribution in [-0.2, 0) is 9.59 Å². The predicted octanol–water partition coefficient (Wildman–Crippen LogP) is 3.29. The van der Waals surface area contributed by atoms with Gasteiger partial charge in [0.15, 0.2) is 0 Å². The van der Waals surface area contributed by atoms with Crippen molar-refractivity contribution in [3.63, 3.8) is 0 Å². The molecule has 4 amide bonds. The molecule has 1 heterocycles. The fraction of sp³-hybridized carbons (Fsp3) is 0.286. The molecule has 8 nitrogen and oxygen atoms in total. The highest BCUT2D eigenvalue weighted by molar-refractivity contribution is 6.00. The molecule has 1 aliphatic heterocycles. The summed E-state index contributed by atoms with van der Waals surface area (Å²) in [6.07, 6.45) is 1.33. The summed E-state index contributed by atoms with van der Waals surface area (Å²) in [4.78, 5) is 38.2. The number of amides is 4. The Balaban J connectivity index is 1.65. The van der Waals surface area contributed by atoms with Crippen molar-refractivity contribution in [3.05, 3.63) is 48.5 Å². The summed E-state index contributed by atoms with van der Waals surface area (Å²) < 4.78 is 5.17. The van der Waals surface area contributed by atoms with Gasteiger partial charge in [-0.15, -0.1) is 0 Å². The zero-order chi connectivity index (χ0) is 20.8. The van der Waals surface area contributed by atoms with Crippen molar-refractivity contribution in [3.8, 4) is 5.75 Å². The third-order valence-electron chi connectivity index (χ3n) is 4.59. The van der Waals surface area contributed by atoms with Crippen LogP contribution in [0.15, 0.2) is 48.5 Å². The molecule has 29 heavy (non-hydrogen) atoms. The lowest BCUT2D eigenvalue weighted by Crippen LogP contribution is -2.45. The average molecular weight is 396 g/mol. The monoisotopic (exact) mass is 396 g/mol. The minimum absolute atomic E-state index is 0.190. The number of ether oxygens (including phenoxy) is 1. The highest BCUT2D eigenvalue weighted by atomic mass is 16.5. The first-order chi connectivity index (χ1) is 14.0. The second kappa shape index (κ2) is 9.09. The molecule has 0 unspecified atom stereocenters.